The number of ether oxygens (including phenoxy) is 3. The number of aliphatic imine (C=N–C) groups is 1. The number of rotatable bonds is 8. The molecule has 0 amide bonds. The number of nitrogens with one attached hydrogen (secondary N) is 2. The van der Waals surface area contributed by atoms with Gasteiger partial charge in [0.1, 0.15) is 11.5 Å². The van der Waals surface area contributed by atoms with Gasteiger partial charge in [-0.15, -0.1) is 24.0 Å². The summed E-state index contributed by atoms with van der Waals surface area (Å²) in [7, 11) is 3.19. The van der Waals surface area contributed by atoms with Crippen LogP contribution in [0.15, 0.2) is 41.4 Å². The van der Waals surface area contributed by atoms with Crippen molar-refractivity contribution in [2.75, 3.05) is 32.7 Å². The fourth-order valence-electron chi connectivity index (χ4n) is 2.44. The molecule has 28 heavy (non-hydrogen) atoms. The lowest BCUT2D eigenvalue weighted by atomic mass is 10.2. The average molecular weight is 501 g/mol. The second-order valence-electron chi connectivity index (χ2n) is 5.61. The molecule has 0 saturated heterocycles. The van der Waals surface area contributed by atoms with Gasteiger partial charge in [-0.2, -0.15) is 0 Å². The van der Waals surface area contributed by atoms with Crippen LogP contribution < -0.4 is 24.8 Å². The summed E-state index contributed by atoms with van der Waals surface area (Å²) in [6, 6.07) is 10.7. The molecule has 0 aliphatic rings. The zero-order chi connectivity index (χ0) is 19.6. The summed E-state index contributed by atoms with van der Waals surface area (Å²) in [5.41, 5.74) is 1.49. The molecule has 2 aromatic rings. The maximum atomic E-state index is 10.0. The normalized spacial score (nSPS) is 10.6. The molecule has 0 aromatic heterocycles. The topological polar surface area (TPSA) is 84.3 Å². The highest BCUT2D eigenvalue weighted by molar-refractivity contribution is 14.0. The molecule has 0 radical (unpaired) electrons. The number of phenols is 1. The van der Waals surface area contributed by atoms with Gasteiger partial charge in [0.05, 0.1) is 27.4 Å². The first-order valence-corrected chi connectivity index (χ1v) is 8.83. The minimum Gasteiger partial charge on any atom is -0.508 e. The number of halogens is 1. The van der Waals surface area contributed by atoms with E-state index in [1.807, 2.05) is 32.0 Å². The van der Waals surface area contributed by atoms with E-state index in [0.29, 0.717) is 48.5 Å². The molecular weight excluding hydrogens is 473 g/mol. The number of benzene rings is 2. The van der Waals surface area contributed by atoms with Crippen molar-refractivity contribution in [1.29, 1.82) is 0 Å². The summed E-state index contributed by atoms with van der Waals surface area (Å²) in [5, 5.41) is 16.4. The number of aromatic hydroxyl groups is 1. The van der Waals surface area contributed by atoms with Crippen LogP contribution in [0.1, 0.15) is 19.4 Å². The van der Waals surface area contributed by atoms with E-state index in [-0.39, 0.29) is 29.7 Å². The third-order valence-corrected chi connectivity index (χ3v) is 3.76. The summed E-state index contributed by atoms with van der Waals surface area (Å²) < 4.78 is 16.1. The van der Waals surface area contributed by atoms with Crippen LogP contribution >= 0.6 is 24.0 Å². The number of nitrogens with zero attached hydrogens (tertiary/aromatic N) is 1. The second kappa shape index (κ2) is 12.2. The number of hydrogen-bond donors (Lipinski definition) is 3. The minimum atomic E-state index is 0. The molecule has 0 bridgehead atoms. The highest BCUT2D eigenvalue weighted by atomic mass is 127. The molecule has 7 nitrogen and oxygen atoms in total. The van der Waals surface area contributed by atoms with Gasteiger partial charge in [-0.3, -0.25) is 0 Å². The van der Waals surface area contributed by atoms with Crippen LogP contribution in [0.2, 0.25) is 0 Å². The predicted octanol–water partition coefficient (Wildman–Crippen LogP) is 4.00. The maximum Gasteiger partial charge on any atom is 0.196 e. The molecule has 0 saturated carbocycles. The molecule has 0 spiro atoms. The Hall–Kier alpha value is -2.36. The number of anilines is 1. The van der Waals surface area contributed by atoms with E-state index < -0.39 is 0 Å². The van der Waals surface area contributed by atoms with Gasteiger partial charge in [0.25, 0.3) is 0 Å². The molecule has 0 aliphatic carbocycles. The van der Waals surface area contributed by atoms with Crippen LogP contribution in [0.4, 0.5) is 5.69 Å². The molecular formula is C20H28IN3O4. The van der Waals surface area contributed by atoms with Crippen molar-refractivity contribution in [2.24, 2.45) is 4.99 Å². The van der Waals surface area contributed by atoms with Crippen molar-refractivity contribution in [2.45, 2.75) is 20.4 Å². The average Bonchev–Trinajstić information content (AvgIpc) is 2.68. The summed E-state index contributed by atoms with van der Waals surface area (Å²) >= 11 is 0. The number of methoxy groups -OCH3 is 2. The fraction of sp³-hybridized carbons (Fsp3) is 0.350. The van der Waals surface area contributed by atoms with E-state index in [0.717, 1.165) is 5.69 Å². The van der Waals surface area contributed by atoms with Crippen molar-refractivity contribution in [3.63, 3.8) is 0 Å². The molecule has 0 unspecified atom stereocenters. The van der Waals surface area contributed by atoms with Gasteiger partial charge in [-0.25, -0.2) is 4.99 Å². The van der Waals surface area contributed by atoms with E-state index in [2.05, 4.69) is 15.6 Å². The molecule has 8 heteroatoms. The van der Waals surface area contributed by atoms with Gasteiger partial charge in [0.15, 0.2) is 17.5 Å². The highest BCUT2D eigenvalue weighted by Gasteiger charge is 2.08. The van der Waals surface area contributed by atoms with Crippen LogP contribution in [0.25, 0.3) is 0 Å². The fourth-order valence-corrected chi connectivity index (χ4v) is 2.44. The monoisotopic (exact) mass is 501 g/mol. The molecule has 154 valence electrons. The zero-order valence-corrected chi connectivity index (χ0v) is 18.9. The third-order valence-electron chi connectivity index (χ3n) is 3.76. The lowest BCUT2D eigenvalue weighted by molar-refractivity contribution is 0.311. The lowest BCUT2D eigenvalue weighted by Crippen LogP contribution is -2.30. The van der Waals surface area contributed by atoms with E-state index in [1.165, 1.54) is 0 Å². The number of phenolic OH excluding ortho intramolecular Hbond substituents is 1. The van der Waals surface area contributed by atoms with Crippen LogP contribution in [-0.2, 0) is 6.54 Å². The Labute approximate surface area is 183 Å². The second-order valence-corrected chi connectivity index (χ2v) is 5.61. The molecule has 2 rings (SSSR count). The van der Waals surface area contributed by atoms with Crippen molar-refractivity contribution >= 4 is 35.6 Å². The first-order chi connectivity index (χ1) is 13.1. The summed E-state index contributed by atoms with van der Waals surface area (Å²) in [5.74, 6) is 2.77. The first-order valence-electron chi connectivity index (χ1n) is 8.83. The van der Waals surface area contributed by atoms with Crippen molar-refractivity contribution in [3.8, 4) is 23.0 Å². The van der Waals surface area contributed by atoms with Gasteiger partial charge >= 0.3 is 0 Å². The predicted molar refractivity (Wildman–Crippen MR) is 123 cm³/mol. The molecule has 0 heterocycles. The van der Waals surface area contributed by atoms with E-state index in [9.17, 15) is 5.11 Å². The quantitative estimate of drug-likeness (QED) is 0.288. The van der Waals surface area contributed by atoms with Crippen molar-refractivity contribution < 1.29 is 19.3 Å². The Morgan fingerprint density at radius 3 is 2.46 bits per heavy atom. The van der Waals surface area contributed by atoms with Gasteiger partial charge < -0.3 is 30.0 Å². The largest absolute Gasteiger partial charge is 0.508 e. The van der Waals surface area contributed by atoms with Crippen molar-refractivity contribution in [3.05, 3.63) is 42.0 Å². The standard InChI is InChI=1S/C20H27N3O4.HI/c1-5-21-20(22-13-14-11-16(25-3)8-9-17(14)24)23-15-7-10-18(27-6-2)19(12-15)26-4;/h7-12,24H,5-6,13H2,1-4H3,(H2,21,22,23);1H. The Balaban J connectivity index is 0.00000392. The lowest BCUT2D eigenvalue weighted by Gasteiger charge is -2.14. The van der Waals surface area contributed by atoms with Crippen molar-refractivity contribution in [1.82, 2.24) is 5.32 Å². The van der Waals surface area contributed by atoms with Crippen LogP contribution in [-0.4, -0.2) is 38.4 Å². The zero-order valence-electron chi connectivity index (χ0n) is 16.6. The Morgan fingerprint density at radius 1 is 1.04 bits per heavy atom. The summed E-state index contributed by atoms with van der Waals surface area (Å²) in [4.78, 5) is 4.54. The smallest absolute Gasteiger partial charge is 0.196 e. The van der Waals surface area contributed by atoms with E-state index >= 15 is 0 Å². The van der Waals surface area contributed by atoms with Gasteiger partial charge in [-0.05, 0) is 44.2 Å². The van der Waals surface area contributed by atoms with Gasteiger partial charge in [0.2, 0.25) is 0 Å². The Morgan fingerprint density at radius 2 is 1.82 bits per heavy atom. The molecule has 0 aliphatic heterocycles. The third kappa shape index (κ3) is 6.66. The van der Waals surface area contributed by atoms with Crippen LogP contribution in [0.5, 0.6) is 23.0 Å². The van der Waals surface area contributed by atoms with E-state index in [4.69, 9.17) is 14.2 Å². The van der Waals surface area contributed by atoms with Gasteiger partial charge in [-0.1, -0.05) is 0 Å². The van der Waals surface area contributed by atoms with E-state index in [1.54, 1.807) is 32.4 Å². The number of hydrogen-bond acceptors (Lipinski definition) is 5. The molecule has 2 aromatic carbocycles. The Bertz CT molecular complexity index is 784. The Kier molecular flexibility index (Phi) is 10.3. The SMILES string of the molecule is CCNC(=NCc1cc(OC)ccc1O)Nc1ccc(OCC)c(OC)c1.I. The first kappa shape index (κ1) is 23.7. The maximum absolute atomic E-state index is 10.0. The van der Waals surface area contributed by atoms with Crippen LogP contribution in [0.3, 0.4) is 0 Å². The molecule has 3 N–H and O–H groups in total. The highest BCUT2D eigenvalue weighted by Crippen LogP contribution is 2.30. The summed E-state index contributed by atoms with van der Waals surface area (Å²) in [6.07, 6.45) is 0. The summed E-state index contributed by atoms with van der Waals surface area (Å²) in [6.45, 7) is 5.47. The molecule has 0 fully saturated rings. The number of guanidine groups is 1. The molecule has 0 atom stereocenters. The van der Waals surface area contributed by atoms with Gasteiger partial charge in [0, 0.05) is 23.9 Å². The minimum absolute atomic E-state index is 0. The van der Waals surface area contributed by atoms with Crippen LogP contribution in [0, 0.1) is 0 Å².